The van der Waals surface area contributed by atoms with Crippen molar-refractivity contribution < 1.29 is 9.59 Å². The molecule has 0 saturated carbocycles. The van der Waals surface area contributed by atoms with Gasteiger partial charge in [0.2, 0.25) is 11.8 Å². The molecular formula is C13H15ClN4O2. The molecule has 1 unspecified atom stereocenters. The van der Waals surface area contributed by atoms with Crippen molar-refractivity contribution in [3.05, 3.63) is 22.7 Å². The number of nitrogens with one attached hydrogen (secondary N) is 2. The normalized spacial score (nSPS) is 22.1. The molecule has 2 heterocycles. The molecule has 3 rings (SSSR count). The first kappa shape index (κ1) is 13.2. The average Bonchev–Trinajstić information content (AvgIpc) is 2.60. The highest BCUT2D eigenvalue weighted by Gasteiger charge is 2.29. The van der Waals surface area contributed by atoms with E-state index < -0.39 is 6.04 Å². The summed E-state index contributed by atoms with van der Waals surface area (Å²) < 4.78 is 0. The van der Waals surface area contributed by atoms with E-state index in [1.807, 2.05) is 11.0 Å². The highest BCUT2D eigenvalue weighted by molar-refractivity contribution is 6.33. The zero-order chi connectivity index (χ0) is 14.3. The van der Waals surface area contributed by atoms with E-state index in [1.54, 1.807) is 6.07 Å². The summed E-state index contributed by atoms with van der Waals surface area (Å²) in [4.78, 5) is 25.0. The number of fused-ring (bicyclic) bond motifs is 1. The van der Waals surface area contributed by atoms with Crippen molar-refractivity contribution in [3.8, 4) is 0 Å². The van der Waals surface area contributed by atoms with E-state index in [0.29, 0.717) is 42.3 Å². The molecule has 1 aromatic carbocycles. The number of rotatable bonds is 1. The topological polar surface area (TPSA) is 87.5 Å². The Bertz CT molecular complexity index is 590. The molecule has 1 aromatic rings. The zero-order valence-electron chi connectivity index (χ0n) is 10.8. The zero-order valence-corrected chi connectivity index (χ0v) is 11.5. The van der Waals surface area contributed by atoms with E-state index in [4.69, 9.17) is 17.3 Å². The summed E-state index contributed by atoms with van der Waals surface area (Å²) in [6, 6.07) is 2.90. The van der Waals surface area contributed by atoms with Gasteiger partial charge in [0.25, 0.3) is 0 Å². The third-order valence-corrected chi connectivity index (χ3v) is 3.95. The maximum atomic E-state index is 11.6. The minimum absolute atomic E-state index is 0.0418. The lowest BCUT2D eigenvalue weighted by Gasteiger charge is -2.24. The van der Waals surface area contributed by atoms with Crippen molar-refractivity contribution in [2.24, 2.45) is 5.73 Å². The van der Waals surface area contributed by atoms with Gasteiger partial charge in [-0.3, -0.25) is 9.59 Å². The van der Waals surface area contributed by atoms with Gasteiger partial charge in [-0.2, -0.15) is 0 Å². The summed E-state index contributed by atoms with van der Waals surface area (Å²) in [6.45, 7) is 1.87. The molecule has 0 bridgehead atoms. The lowest BCUT2D eigenvalue weighted by Crippen LogP contribution is -2.28. The van der Waals surface area contributed by atoms with Gasteiger partial charge in [0.15, 0.2) is 0 Å². The number of halogens is 1. The number of nitrogens with zero attached hydrogens (tertiary/aromatic N) is 1. The fraction of sp³-hybridized carbons (Fsp3) is 0.385. The Morgan fingerprint density at radius 2 is 2.10 bits per heavy atom. The quantitative estimate of drug-likeness (QED) is 0.708. The van der Waals surface area contributed by atoms with Crippen LogP contribution in [0.3, 0.4) is 0 Å². The summed E-state index contributed by atoms with van der Waals surface area (Å²) in [5, 5.41) is 6.11. The number of anilines is 2. The van der Waals surface area contributed by atoms with Crippen LogP contribution in [0.15, 0.2) is 12.1 Å². The second-order valence-electron chi connectivity index (χ2n) is 4.94. The lowest BCUT2D eigenvalue weighted by molar-refractivity contribution is -0.120. The fourth-order valence-electron chi connectivity index (χ4n) is 2.54. The first-order valence-corrected chi connectivity index (χ1v) is 6.85. The smallest absolute Gasteiger partial charge is 0.245 e. The van der Waals surface area contributed by atoms with Gasteiger partial charge in [-0.1, -0.05) is 11.6 Å². The molecule has 0 radical (unpaired) electrons. The summed E-state index contributed by atoms with van der Waals surface area (Å²) in [7, 11) is 0. The number of hydrogen-bond acceptors (Lipinski definition) is 4. The predicted molar refractivity (Wildman–Crippen MR) is 76.8 cm³/mol. The van der Waals surface area contributed by atoms with Crippen molar-refractivity contribution in [1.82, 2.24) is 5.32 Å². The number of hydrogen-bond donors (Lipinski definition) is 3. The van der Waals surface area contributed by atoms with Gasteiger partial charge in [-0.25, -0.2) is 0 Å². The predicted octanol–water partition coefficient (Wildman–Crippen LogP) is 0.618. The molecule has 20 heavy (non-hydrogen) atoms. The summed E-state index contributed by atoms with van der Waals surface area (Å²) in [5.41, 5.74) is 8.02. The Kier molecular flexibility index (Phi) is 3.27. The van der Waals surface area contributed by atoms with Gasteiger partial charge >= 0.3 is 0 Å². The van der Waals surface area contributed by atoms with E-state index >= 15 is 0 Å². The van der Waals surface area contributed by atoms with Crippen molar-refractivity contribution >= 4 is 34.8 Å². The first-order valence-electron chi connectivity index (χ1n) is 6.48. The molecule has 106 valence electrons. The van der Waals surface area contributed by atoms with Crippen LogP contribution >= 0.6 is 11.6 Å². The molecule has 0 aromatic heterocycles. The third kappa shape index (κ3) is 2.21. The van der Waals surface area contributed by atoms with E-state index in [0.717, 1.165) is 5.69 Å². The van der Waals surface area contributed by atoms with Crippen molar-refractivity contribution in [3.63, 3.8) is 0 Å². The highest BCUT2D eigenvalue weighted by atomic mass is 35.5. The Labute approximate surface area is 121 Å². The summed E-state index contributed by atoms with van der Waals surface area (Å²) in [6.07, 6.45) is 0.430. The molecule has 0 spiro atoms. The summed E-state index contributed by atoms with van der Waals surface area (Å²) >= 11 is 6.30. The van der Waals surface area contributed by atoms with Crippen molar-refractivity contribution in [1.29, 1.82) is 0 Å². The second kappa shape index (κ2) is 4.96. The number of carbonyl (C=O) groups excluding carboxylic acids is 2. The van der Waals surface area contributed by atoms with Gasteiger partial charge in [0.05, 0.1) is 10.7 Å². The maximum Gasteiger partial charge on any atom is 0.245 e. The van der Waals surface area contributed by atoms with Gasteiger partial charge in [-0.05, 0) is 12.1 Å². The van der Waals surface area contributed by atoms with E-state index in [2.05, 4.69) is 10.6 Å². The lowest BCUT2D eigenvalue weighted by atomic mass is 10.1. The van der Waals surface area contributed by atoms with Crippen molar-refractivity contribution in [2.45, 2.75) is 12.5 Å². The standard InChI is InChI=1S/C13H15ClN4O2/c14-8-5-7-9(17-13(20)12(7)15)6-10(8)18-3-1-11(19)16-2-4-18/h5-6,12H,1-4,15H2,(H,16,19)(H,17,20). The Morgan fingerprint density at radius 3 is 2.90 bits per heavy atom. The van der Waals surface area contributed by atoms with Crippen molar-refractivity contribution in [2.75, 3.05) is 29.9 Å². The molecule has 1 fully saturated rings. The first-order chi connectivity index (χ1) is 9.56. The van der Waals surface area contributed by atoms with Crippen LogP contribution in [0.5, 0.6) is 0 Å². The van der Waals surface area contributed by atoms with Crippen LogP contribution in [0.2, 0.25) is 5.02 Å². The van der Waals surface area contributed by atoms with E-state index in [1.165, 1.54) is 0 Å². The minimum Gasteiger partial charge on any atom is -0.368 e. The Balaban J connectivity index is 1.93. The Morgan fingerprint density at radius 1 is 1.30 bits per heavy atom. The number of benzene rings is 1. The van der Waals surface area contributed by atoms with Crippen LogP contribution in [0.4, 0.5) is 11.4 Å². The number of nitrogens with two attached hydrogens (primary N) is 1. The molecule has 2 aliphatic rings. The highest BCUT2D eigenvalue weighted by Crippen LogP contribution is 2.38. The fourth-order valence-corrected chi connectivity index (χ4v) is 2.84. The van der Waals surface area contributed by atoms with E-state index in [-0.39, 0.29) is 11.8 Å². The molecule has 6 nitrogen and oxygen atoms in total. The van der Waals surface area contributed by atoms with Crippen LogP contribution < -0.4 is 21.3 Å². The van der Waals surface area contributed by atoms with Crippen LogP contribution in [-0.2, 0) is 9.59 Å². The number of amides is 2. The van der Waals surface area contributed by atoms with Crippen LogP contribution in [0, 0.1) is 0 Å². The van der Waals surface area contributed by atoms with Gasteiger partial charge in [0.1, 0.15) is 6.04 Å². The van der Waals surface area contributed by atoms with Crippen LogP contribution in [-0.4, -0.2) is 31.4 Å². The molecule has 7 heteroatoms. The molecule has 2 aliphatic heterocycles. The number of carbonyl (C=O) groups is 2. The molecule has 4 N–H and O–H groups in total. The molecule has 2 amide bonds. The van der Waals surface area contributed by atoms with Crippen LogP contribution in [0.1, 0.15) is 18.0 Å². The summed E-state index contributed by atoms with van der Waals surface area (Å²) in [5.74, 6) is -0.180. The molecular weight excluding hydrogens is 280 g/mol. The molecule has 1 saturated heterocycles. The largest absolute Gasteiger partial charge is 0.368 e. The monoisotopic (exact) mass is 294 g/mol. The molecule has 1 atom stereocenters. The van der Waals surface area contributed by atoms with Gasteiger partial charge in [0, 0.05) is 37.3 Å². The second-order valence-corrected chi connectivity index (χ2v) is 5.35. The Hall–Kier alpha value is -1.79. The van der Waals surface area contributed by atoms with Gasteiger partial charge in [-0.15, -0.1) is 0 Å². The van der Waals surface area contributed by atoms with Crippen LogP contribution in [0.25, 0.3) is 0 Å². The SMILES string of the molecule is NC1C(=O)Nc2cc(N3CCNC(=O)CC3)c(Cl)cc21. The average molecular weight is 295 g/mol. The maximum absolute atomic E-state index is 11.6. The van der Waals surface area contributed by atoms with E-state index in [9.17, 15) is 9.59 Å². The van der Waals surface area contributed by atoms with Gasteiger partial charge < -0.3 is 21.3 Å². The minimum atomic E-state index is -0.663. The molecule has 0 aliphatic carbocycles. The third-order valence-electron chi connectivity index (χ3n) is 3.65.